The van der Waals surface area contributed by atoms with Crippen molar-refractivity contribution in [2.24, 2.45) is 12.8 Å². The molecule has 0 aromatic carbocycles. The van der Waals surface area contributed by atoms with Gasteiger partial charge in [0.05, 0.1) is 11.4 Å². The van der Waals surface area contributed by atoms with E-state index in [9.17, 15) is 4.79 Å². The summed E-state index contributed by atoms with van der Waals surface area (Å²) in [5, 5.41) is 7.23. The summed E-state index contributed by atoms with van der Waals surface area (Å²) in [6, 6.07) is 0.0548. The maximum Gasteiger partial charge on any atom is 0.224 e. The highest BCUT2D eigenvalue weighted by molar-refractivity contribution is 5.91. The molecule has 0 aliphatic carbocycles. The smallest absolute Gasteiger partial charge is 0.224 e. The third-order valence-corrected chi connectivity index (χ3v) is 2.51. The predicted molar refractivity (Wildman–Crippen MR) is 68.8 cm³/mol. The minimum atomic E-state index is -0.00259. The first-order chi connectivity index (χ1) is 7.90. The standard InChI is InChI=1S/C12H22N4O/c1-8(2)12-10(7-16(4)15-12)14-11(17)6-5-9(3)13/h7-9H,5-6,13H2,1-4H3,(H,14,17). The lowest BCUT2D eigenvalue weighted by Crippen LogP contribution is -2.19. The maximum atomic E-state index is 11.7. The Balaban J connectivity index is 2.64. The number of anilines is 1. The van der Waals surface area contributed by atoms with Crippen molar-refractivity contribution in [3.63, 3.8) is 0 Å². The Hall–Kier alpha value is -1.36. The van der Waals surface area contributed by atoms with Crippen LogP contribution in [0.2, 0.25) is 0 Å². The van der Waals surface area contributed by atoms with Crippen molar-refractivity contribution in [2.75, 3.05) is 5.32 Å². The topological polar surface area (TPSA) is 72.9 Å². The summed E-state index contributed by atoms with van der Waals surface area (Å²) in [5.41, 5.74) is 7.34. The van der Waals surface area contributed by atoms with E-state index in [1.165, 1.54) is 0 Å². The minimum Gasteiger partial charge on any atom is -0.328 e. The molecule has 1 aromatic rings. The second-order valence-corrected chi connectivity index (χ2v) is 4.82. The fraction of sp³-hybridized carbons (Fsp3) is 0.667. The number of amides is 1. The van der Waals surface area contributed by atoms with E-state index in [1.54, 1.807) is 4.68 Å². The molecule has 1 rings (SSSR count). The van der Waals surface area contributed by atoms with Crippen LogP contribution in [0, 0.1) is 0 Å². The van der Waals surface area contributed by atoms with Crippen molar-refractivity contribution >= 4 is 11.6 Å². The molecule has 5 nitrogen and oxygen atoms in total. The summed E-state index contributed by atoms with van der Waals surface area (Å²) in [6.45, 7) is 6.01. The fourth-order valence-electron chi connectivity index (χ4n) is 1.60. The van der Waals surface area contributed by atoms with Crippen LogP contribution in [0.3, 0.4) is 0 Å². The van der Waals surface area contributed by atoms with Crippen molar-refractivity contribution in [2.45, 2.75) is 45.6 Å². The number of hydrogen-bond acceptors (Lipinski definition) is 3. The highest BCUT2D eigenvalue weighted by Crippen LogP contribution is 2.22. The number of aryl methyl sites for hydroxylation is 1. The molecule has 5 heteroatoms. The number of hydrogen-bond donors (Lipinski definition) is 2. The average Bonchev–Trinajstić information content (AvgIpc) is 2.56. The number of carbonyl (C=O) groups excluding carboxylic acids is 1. The second kappa shape index (κ2) is 5.82. The summed E-state index contributed by atoms with van der Waals surface area (Å²) < 4.78 is 1.72. The number of nitrogens with zero attached hydrogens (tertiary/aromatic N) is 2. The van der Waals surface area contributed by atoms with Crippen LogP contribution in [0.1, 0.15) is 45.2 Å². The molecule has 0 aliphatic heterocycles. The highest BCUT2D eigenvalue weighted by atomic mass is 16.1. The summed E-state index contributed by atoms with van der Waals surface area (Å²) in [7, 11) is 1.85. The zero-order chi connectivity index (χ0) is 13.0. The van der Waals surface area contributed by atoms with Gasteiger partial charge in [-0.1, -0.05) is 13.8 Å². The summed E-state index contributed by atoms with van der Waals surface area (Å²) >= 11 is 0. The zero-order valence-electron chi connectivity index (χ0n) is 11.0. The van der Waals surface area contributed by atoms with Gasteiger partial charge in [-0.25, -0.2) is 0 Å². The van der Waals surface area contributed by atoms with Crippen LogP contribution in [0.15, 0.2) is 6.20 Å². The van der Waals surface area contributed by atoms with E-state index in [1.807, 2.05) is 20.2 Å². The second-order valence-electron chi connectivity index (χ2n) is 4.82. The van der Waals surface area contributed by atoms with Gasteiger partial charge in [0, 0.05) is 25.7 Å². The molecule has 1 heterocycles. The van der Waals surface area contributed by atoms with Crippen LogP contribution in [0.5, 0.6) is 0 Å². The lowest BCUT2D eigenvalue weighted by molar-refractivity contribution is -0.116. The van der Waals surface area contributed by atoms with Gasteiger partial charge in [-0.05, 0) is 19.3 Å². The maximum absolute atomic E-state index is 11.7. The first-order valence-corrected chi connectivity index (χ1v) is 5.99. The quantitative estimate of drug-likeness (QED) is 0.818. The molecule has 96 valence electrons. The molecular weight excluding hydrogens is 216 g/mol. The van der Waals surface area contributed by atoms with Crippen LogP contribution in [-0.4, -0.2) is 21.7 Å². The van der Waals surface area contributed by atoms with Crippen LogP contribution in [-0.2, 0) is 11.8 Å². The normalized spacial score (nSPS) is 12.8. The number of rotatable bonds is 5. The first kappa shape index (κ1) is 13.7. The van der Waals surface area contributed by atoms with Crippen LogP contribution < -0.4 is 11.1 Å². The number of nitrogens with one attached hydrogen (secondary N) is 1. The van der Waals surface area contributed by atoms with E-state index in [0.29, 0.717) is 18.8 Å². The molecule has 1 unspecified atom stereocenters. The van der Waals surface area contributed by atoms with Gasteiger partial charge in [0.15, 0.2) is 0 Å². The molecule has 0 spiro atoms. The minimum absolute atomic E-state index is 0.00259. The monoisotopic (exact) mass is 238 g/mol. The SMILES string of the molecule is CC(N)CCC(=O)Nc1cn(C)nc1C(C)C. The molecule has 1 amide bonds. The average molecular weight is 238 g/mol. The van der Waals surface area contributed by atoms with Gasteiger partial charge in [-0.3, -0.25) is 9.48 Å². The van der Waals surface area contributed by atoms with Crippen molar-refractivity contribution in [3.05, 3.63) is 11.9 Å². The number of nitrogens with two attached hydrogens (primary N) is 1. The predicted octanol–water partition coefficient (Wildman–Crippen LogP) is 1.61. The van der Waals surface area contributed by atoms with E-state index in [2.05, 4.69) is 24.3 Å². The van der Waals surface area contributed by atoms with Gasteiger partial charge in [0.1, 0.15) is 0 Å². The van der Waals surface area contributed by atoms with Crippen LogP contribution in [0.25, 0.3) is 0 Å². The Morgan fingerprint density at radius 3 is 2.71 bits per heavy atom. The Morgan fingerprint density at radius 2 is 2.18 bits per heavy atom. The molecular formula is C12H22N4O. The Labute approximate surface area is 102 Å². The lowest BCUT2D eigenvalue weighted by atomic mass is 10.1. The number of carbonyl (C=O) groups is 1. The Kier molecular flexibility index (Phi) is 4.69. The van der Waals surface area contributed by atoms with Crippen molar-refractivity contribution in [1.29, 1.82) is 0 Å². The van der Waals surface area contributed by atoms with Gasteiger partial charge in [0.25, 0.3) is 0 Å². The van der Waals surface area contributed by atoms with Gasteiger partial charge in [0.2, 0.25) is 5.91 Å². The summed E-state index contributed by atoms with van der Waals surface area (Å²) in [5.74, 6) is 0.289. The third kappa shape index (κ3) is 4.19. The van der Waals surface area contributed by atoms with E-state index >= 15 is 0 Å². The molecule has 0 radical (unpaired) electrons. The molecule has 3 N–H and O–H groups in total. The van der Waals surface area contributed by atoms with Crippen molar-refractivity contribution in [3.8, 4) is 0 Å². The molecule has 0 saturated carbocycles. The summed E-state index contributed by atoms with van der Waals surface area (Å²) in [4.78, 5) is 11.7. The molecule has 0 bridgehead atoms. The van der Waals surface area contributed by atoms with Gasteiger partial charge in [-0.15, -0.1) is 0 Å². The molecule has 0 fully saturated rings. The van der Waals surface area contributed by atoms with E-state index in [4.69, 9.17) is 5.73 Å². The van der Waals surface area contributed by atoms with Gasteiger partial charge >= 0.3 is 0 Å². The lowest BCUT2D eigenvalue weighted by Gasteiger charge is -2.08. The highest BCUT2D eigenvalue weighted by Gasteiger charge is 2.13. The van der Waals surface area contributed by atoms with E-state index in [-0.39, 0.29) is 11.9 Å². The zero-order valence-corrected chi connectivity index (χ0v) is 11.0. The Morgan fingerprint density at radius 1 is 1.53 bits per heavy atom. The molecule has 0 saturated heterocycles. The van der Waals surface area contributed by atoms with E-state index < -0.39 is 0 Å². The summed E-state index contributed by atoms with van der Waals surface area (Å²) in [6.07, 6.45) is 2.98. The molecule has 17 heavy (non-hydrogen) atoms. The van der Waals surface area contributed by atoms with Crippen molar-refractivity contribution in [1.82, 2.24) is 9.78 Å². The number of aromatic nitrogens is 2. The molecule has 0 aliphatic rings. The molecule has 1 aromatic heterocycles. The largest absolute Gasteiger partial charge is 0.328 e. The first-order valence-electron chi connectivity index (χ1n) is 5.99. The third-order valence-electron chi connectivity index (χ3n) is 2.51. The molecule has 1 atom stereocenters. The fourth-order valence-corrected chi connectivity index (χ4v) is 1.60. The van der Waals surface area contributed by atoms with Gasteiger partial charge < -0.3 is 11.1 Å². The van der Waals surface area contributed by atoms with Crippen LogP contribution in [0.4, 0.5) is 5.69 Å². The van der Waals surface area contributed by atoms with Crippen LogP contribution >= 0.6 is 0 Å². The van der Waals surface area contributed by atoms with Gasteiger partial charge in [-0.2, -0.15) is 5.10 Å². The van der Waals surface area contributed by atoms with E-state index in [0.717, 1.165) is 11.4 Å². The van der Waals surface area contributed by atoms with Crippen molar-refractivity contribution < 1.29 is 4.79 Å². The Bertz CT molecular complexity index is 382.